The second kappa shape index (κ2) is 5.53. The predicted octanol–water partition coefficient (Wildman–Crippen LogP) is 4.02. The third-order valence-corrected chi connectivity index (χ3v) is 3.90. The Morgan fingerprint density at radius 1 is 1.16 bits per heavy atom. The van der Waals surface area contributed by atoms with Crippen molar-refractivity contribution in [2.24, 2.45) is 0 Å². The number of nitrogens with one attached hydrogen (secondary N) is 1. The van der Waals surface area contributed by atoms with Gasteiger partial charge >= 0.3 is 0 Å². The molecule has 1 N–H and O–H groups in total. The van der Waals surface area contributed by atoms with Crippen molar-refractivity contribution in [2.45, 2.75) is 20.8 Å². The topological polar surface area (TPSA) is 42.0 Å². The average Bonchev–Trinajstić information content (AvgIpc) is 2.37. The van der Waals surface area contributed by atoms with Crippen LogP contribution in [0.2, 0.25) is 0 Å². The largest absolute Gasteiger partial charge is 0.320 e. The number of halogens is 1. The zero-order valence-corrected chi connectivity index (χ0v) is 12.7. The van der Waals surface area contributed by atoms with Crippen LogP contribution in [0.5, 0.6) is 0 Å². The summed E-state index contributed by atoms with van der Waals surface area (Å²) in [5.74, 6) is -0.116. The fourth-order valence-corrected chi connectivity index (χ4v) is 2.10. The van der Waals surface area contributed by atoms with Gasteiger partial charge in [0.15, 0.2) is 0 Å². The average molecular weight is 319 g/mol. The summed E-state index contributed by atoms with van der Waals surface area (Å²) >= 11 is 3.43. The fourth-order valence-electron chi connectivity index (χ4n) is 1.85. The Kier molecular flexibility index (Phi) is 4.00. The van der Waals surface area contributed by atoms with Crippen molar-refractivity contribution in [1.82, 2.24) is 4.98 Å². The molecule has 98 valence electrons. The molecule has 3 nitrogen and oxygen atoms in total. The first-order valence-electron chi connectivity index (χ1n) is 5.98. The molecule has 0 spiro atoms. The van der Waals surface area contributed by atoms with Crippen molar-refractivity contribution in [1.29, 1.82) is 0 Å². The summed E-state index contributed by atoms with van der Waals surface area (Å²) in [7, 11) is 0. The standard InChI is InChI=1S/C15H15BrN2O/c1-9-6-7-17-11(3)14(9)18-15(19)12-4-5-13(16)10(2)8-12/h4-8H,1-3H3,(H,18,19). The summed E-state index contributed by atoms with van der Waals surface area (Å²) in [6.45, 7) is 5.80. The number of pyridine rings is 1. The molecule has 2 rings (SSSR count). The molecular formula is C15H15BrN2O. The van der Waals surface area contributed by atoms with Crippen molar-refractivity contribution in [3.63, 3.8) is 0 Å². The fraction of sp³-hybridized carbons (Fsp3) is 0.200. The summed E-state index contributed by atoms with van der Waals surface area (Å²) in [6, 6.07) is 7.43. The van der Waals surface area contributed by atoms with Crippen LogP contribution in [0.1, 0.15) is 27.2 Å². The smallest absolute Gasteiger partial charge is 0.255 e. The van der Waals surface area contributed by atoms with E-state index in [-0.39, 0.29) is 5.91 Å². The minimum absolute atomic E-state index is 0.116. The van der Waals surface area contributed by atoms with Crippen LogP contribution in [0, 0.1) is 20.8 Å². The molecule has 0 aliphatic rings. The SMILES string of the molecule is Cc1cc(C(=O)Nc2c(C)ccnc2C)ccc1Br. The molecule has 0 saturated carbocycles. The van der Waals surface area contributed by atoms with Gasteiger partial charge in [-0.25, -0.2) is 0 Å². The number of hydrogen-bond donors (Lipinski definition) is 1. The monoisotopic (exact) mass is 318 g/mol. The van der Waals surface area contributed by atoms with E-state index in [1.165, 1.54) is 0 Å². The van der Waals surface area contributed by atoms with E-state index in [1.54, 1.807) is 12.3 Å². The lowest BCUT2D eigenvalue weighted by Crippen LogP contribution is -2.14. The number of aryl methyl sites for hydroxylation is 3. The lowest BCUT2D eigenvalue weighted by molar-refractivity contribution is 0.102. The van der Waals surface area contributed by atoms with Gasteiger partial charge in [0.2, 0.25) is 0 Å². The molecule has 1 aromatic heterocycles. The van der Waals surface area contributed by atoms with Crippen LogP contribution in [0.15, 0.2) is 34.9 Å². The zero-order chi connectivity index (χ0) is 14.0. The van der Waals surface area contributed by atoms with Gasteiger partial charge in [0.25, 0.3) is 5.91 Å². The van der Waals surface area contributed by atoms with E-state index in [2.05, 4.69) is 26.2 Å². The minimum atomic E-state index is -0.116. The van der Waals surface area contributed by atoms with Crippen molar-refractivity contribution in [3.8, 4) is 0 Å². The summed E-state index contributed by atoms with van der Waals surface area (Å²) in [4.78, 5) is 16.4. The van der Waals surface area contributed by atoms with E-state index in [4.69, 9.17) is 0 Å². The molecule has 0 saturated heterocycles. The van der Waals surface area contributed by atoms with E-state index in [0.29, 0.717) is 5.56 Å². The van der Waals surface area contributed by atoms with Crippen molar-refractivity contribution in [3.05, 3.63) is 57.3 Å². The Morgan fingerprint density at radius 2 is 1.89 bits per heavy atom. The summed E-state index contributed by atoms with van der Waals surface area (Å²) < 4.78 is 0.998. The van der Waals surface area contributed by atoms with Crippen LogP contribution in [0.4, 0.5) is 5.69 Å². The number of aromatic nitrogens is 1. The molecular weight excluding hydrogens is 304 g/mol. The minimum Gasteiger partial charge on any atom is -0.320 e. The Hall–Kier alpha value is -1.68. The maximum atomic E-state index is 12.2. The van der Waals surface area contributed by atoms with E-state index in [9.17, 15) is 4.79 Å². The van der Waals surface area contributed by atoms with Gasteiger partial charge in [0.05, 0.1) is 11.4 Å². The van der Waals surface area contributed by atoms with Gasteiger partial charge in [-0.05, 0) is 56.2 Å². The molecule has 1 heterocycles. The maximum Gasteiger partial charge on any atom is 0.255 e. The molecule has 1 aromatic carbocycles. The Bertz CT molecular complexity index is 618. The van der Waals surface area contributed by atoms with E-state index >= 15 is 0 Å². The molecule has 0 aliphatic heterocycles. The summed E-state index contributed by atoms with van der Waals surface area (Å²) in [5.41, 5.74) is 4.29. The lowest BCUT2D eigenvalue weighted by Gasteiger charge is -2.11. The van der Waals surface area contributed by atoms with Gasteiger partial charge in [-0.3, -0.25) is 9.78 Å². The number of carbonyl (C=O) groups is 1. The normalized spacial score (nSPS) is 10.3. The molecule has 19 heavy (non-hydrogen) atoms. The van der Waals surface area contributed by atoms with Gasteiger partial charge in [-0.1, -0.05) is 15.9 Å². The number of nitrogens with zero attached hydrogens (tertiary/aromatic N) is 1. The lowest BCUT2D eigenvalue weighted by atomic mass is 10.1. The highest BCUT2D eigenvalue weighted by Crippen LogP contribution is 2.20. The van der Waals surface area contributed by atoms with Crippen LogP contribution in [-0.4, -0.2) is 10.9 Å². The van der Waals surface area contributed by atoms with Crippen molar-refractivity contribution < 1.29 is 4.79 Å². The van der Waals surface area contributed by atoms with Crippen LogP contribution >= 0.6 is 15.9 Å². The Morgan fingerprint density at radius 3 is 2.53 bits per heavy atom. The van der Waals surface area contributed by atoms with Crippen molar-refractivity contribution >= 4 is 27.5 Å². The van der Waals surface area contributed by atoms with Gasteiger partial charge in [0.1, 0.15) is 0 Å². The maximum absolute atomic E-state index is 12.2. The number of carbonyl (C=O) groups excluding carboxylic acids is 1. The first kappa shape index (κ1) is 13.7. The first-order valence-corrected chi connectivity index (χ1v) is 6.78. The first-order chi connectivity index (χ1) is 8.99. The molecule has 0 aliphatic carbocycles. The Balaban J connectivity index is 2.28. The van der Waals surface area contributed by atoms with Crippen LogP contribution in [-0.2, 0) is 0 Å². The second-order valence-corrected chi connectivity index (χ2v) is 5.36. The van der Waals surface area contributed by atoms with Crippen LogP contribution < -0.4 is 5.32 Å². The number of hydrogen-bond acceptors (Lipinski definition) is 2. The third kappa shape index (κ3) is 3.01. The molecule has 0 atom stereocenters. The highest BCUT2D eigenvalue weighted by atomic mass is 79.9. The van der Waals surface area contributed by atoms with E-state index in [1.807, 2.05) is 39.0 Å². The van der Waals surface area contributed by atoms with Crippen LogP contribution in [0.3, 0.4) is 0 Å². The van der Waals surface area contributed by atoms with Crippen molar-refractivity contribution in [2.75, 3.05) is 5.32 Å². The highest BCUT2D eigenvalue weighted by molar-refractivity contribution is 9.10. The number of anilines is 1. The summed E-state index contributed by atoms with van der Waals surface area (Å²) in [6.07, 6.45) is 1.74. The highest BCUT2D eigenvalue weighted by Gasteiger charge is 2.11. The number of amides is 1. The molecule has 0 radical (unpaired) electrons. The van der Waals surface area contributed by atoms with Gasteiger partial charge in [-0.2, -0.15) is 0 Å². The third-order valence-electron chi connectivity index (χ3n) is 3.01. The number of rotatable bonds is 2. The second-order valence-electron chi connectivity index (χ2n) is 4.51. The molecule has 2 aromatic rings. The zero-order valence-electron chi connectivity index (χ0n) is 11.1. The predicted molar refractivity (Wildman–Crippen MR) is 80.5 cm³/mol. The Labute approximate surface area is 121 Å². The molecule has 0 fully saturated rings. The van der Waals surface area contributed by atoms with Gasteiger partial charge in [-0.15, -0.1) is 0 Å². The van der Waals surface area contributed by atoms with Crippen LogP contribution in [0.25, 0.3) is 0 Å². The number of benzene rings is 1. The van der Waals surface area contributed by atoms with Gasteiger partial charge in [0, 0.05) is 16.2 Å². The molecule has 4 heteroatoms. The van der Waals surface area contributed by atoms with E-state index < -0.39 is 0 Å². The molecule has 1 amide bonds. The quantitative estimate of drug-likeness (QED) is 0.908. The van der Waals surface area contributed by atoms with E-state index in [0.717, 1.165) is 27.0 Å². The van der Waals surface area contributed by atoms with Gasteiger partial charge < -0.3 is 5.32 Å². The molecule has 0 unspecified atom stereocenters. The summed E-state index contributed by atoms with van der Waals surface area (Å²) in [5, 5.41) is 2.92. The molecule has 0 bridgehead atoms.